The molecule has 0 aliphatic rings. The average Bonchev–Trinajstić information content (AvgIpc) is 2.75. The van der Waals surface area contributed by atoms with Crippen molar-refractivity contribution in [3.05, 3.63) is 77.2 Å². The summed E-state index contributed by atoms with van der Waals surface area (Å²) in [5.74, 6) is 2.36. The smallest absolute Gasteiger partial charge is 0.387 e. The number of rotatable bonds is 10. The molecular formula is C26H31F2N2O2P. The maximum atomic E-state index is 12.3. The van der Waals surface area contributed by atoms with Crippen LogP contribution >= 0.6 is 7.92 Å². The van der Waals surface area contributed by atoms with E-state index in [1.807, 2.05) is 52.0 Å². The summed E-state index contributed by atoms with van der Waals surface area (Å²) in [5.41, 5.74) is 5.30. The van der Waals surface area contributed by atoms with Crippen LogP contribution in [0.5, 0.6) is 5.75 Å². The molecule has 2 unspecified atom stereocenters. The fourth-order valence-electron chi connectivity index (χ4n) is 3.37. The van der Waals surface area contributed by atoms with Gasteiger partial charge in [-0.05, 0) is 88.3 Å². The van der Waals surface area contributed by atoms with Crippen molar-refractivity contribution in [2.45, 2.75) is 47.0 Å². The van der Waals surface area contributed by atoms with Gasteiger partial charge in [0.2, 0.25) is 0 Å². The lowest BCUT2D eigenvalue weighted by Gasteiger charge is -2.25. The van der Waals surface area contributed by atoms with Crippen molar-refractivity contribution >= 4 is 30.7 Å². The Balaban J connectivity index is 2.26. The van der Waals surface area contributed by atoms with Gasteiger partial charge in [0.25, 0.3) is 0 Å². The number of nitrogens with zero attached hydrogens (tertiary/aromatic N) is 1. The van der Waals surface area contributed by atoms with Gasteiger partial charge in [-0.3, -0.25) is 9.79 Å². The third-order valence-corrected chi connectivity index (χ3v) is 7.18. The van der Waals surface area contributed by atoms with Crippen LogP contribution < -0.4 is 10.1 Å². The van der Waals surface area contributed by atoms with E-state index in [0.717, 1.165) is 33.7 Å². The van der Waals surface area contributed by atoms with E-state index in [0.29, 0.717) is 0 Å². The molecule has 7 heteroatoms. The van der Waals surface area contributed by atoms with Crippen molar-refractivity contribution < 1.29 is 18.3 Å². The second kappa shape index (κ2) is 12.4. The van der Waals surface area contributed by atoms with Crippen molar-refractivity contribution in [1.82, 2.24) is 0 Å². The second-order valence-corrected chi connectivity index (χ2v) is 9.91. The molecule has 0 fully saturated rings. The summed E-state index contributed by atoms with van der Waals surface area (Å²) in [7, 11) is -0.541. The number of benzene rings is 2. The quantitative estimate of drug-likeness (QED) is 0.219. The minimum absolute atomic E-state index is 0.00430. The number of ketones is 1. The number of ether oxygens (including phenoxy) is 1. The fourth-order valence-corrected chi connectivity index (χ4v) is 5.02. The Morgan fingerprint density at radius 2 is 1.79 bits per heavy atom. The number of carbonyl (C=O) groups excluding carboxylic acids is 1. The predicted molar refractivity (Wildman–Crippen MR) is 136 cm³/mol. The zero-order valence-electron chi connectivity index (χ0n) is 19.9. The highest BCUT2D eigenvalue weighted by Crippen LogP contribution is 2.40. The van der Waals surface area contributed by atoms with Crippen molar-refractivity contribution in [3.63, 3.8) is 0 Å². The van der Waals surface area contributed by atoms with Crippen LogP contribution in [-0.2, 0) is 0 Å². The van der Waals surface area contributed by atoms with Crippen LogP contribution in [0.15, 0.2) is 65.6 Å². The van der Waals surface area contributed by atoms with Crippen LogP contribution in [-0.4, -0.2) is 30.6 Å². The molecule has 0 amide bonds. The van der Waals surface area contributed by atoms with Gasteiger partial charge in [0.1, 0.15) is 5.75 Å². The molecule has 0 aliphatic heterocycles. The maximum absolute atomic E-state index is 12.3. The van der Waals surface area contributed by atoms with Gasteiger partial charge in [-0.15, -0.1) is 0 Å². The Kier molecular flexibility index (Phi) is 9.93. The van der Waals surface area contributed by atoms with Crippen LogP contribution in [0.25, 0.3) is 5.57 Å². The van der Waals surface area contributed by atoms with Crippen LogP contribution in [0.1, 0.15) is 49.2 Å². The number of halogens is 2. The molecule has 0 heterocycles. The highest BCUT2D eigenvalue weighted by molar-refractivity contribution is 7.62. The first kappa shape index (κ1) is 26.4. The van der Waals surface area contributed by atoms with Crippen LogP contribution in [0.3, 0.4) is 0 Å². The lowest BCUT2D eigenvalue weighted by molar-refractivity contribution is -0.0498. The normalized spacial score (nSPS) is 14.5. The molecule has 0 aromatic heterocycles. The number of allylic oxidation sites excluding steroid dienone is 2. The molecule has 2 aromatic carbocycles. The summed E-state index contributed by atoms with van der Waals surface area (Å²) >= 11 is 0. The van der Waals surface area contributed by atoms with Gasteiger partial charge in [0.15, 0.2) is 5.78 Å². The van der Waals surface area contributed by atoms with E-state index in [4.69, 9.17) is 4.99 Å². The van der Waals surface area contributed by atoms with E-state index < -0.39 is 14.5 Å². The highest BCUT2D eigenvalue weighted by Gasteiger charge is 2.18. The van der Waals surface area contributed by atoms with Gasteiger partial charge in [-0.1, -0.05) is 31.9 Å². The Labute approximate surface area is 196 Å². The molecule has 2 aromatic rings. The first-order valence-electron chi connectivity index (χ1n) is 10.6. The van der Waals surface area contributed by atoms with E-state index >= 15 is 0 Å². The molecule has 0 radical (unpaired) electrons. The number of alkyl halides is 2. The number of hydrogen-bond donors (Lipinski definition) is 1. The molecule has 33 heavy (non-hydrogen) atoms. The number of nitrogens with one attached hydrogen (secondary N) is 1. The van der Waals surface area contributed by atoms with Crippen molar-refractivity contribution in [3.8, 4) is 5.75 Å². The molecule has 1 N–H and O–H groups in total. The topological polar surface area (TPSA) is 50.7 Å². The lowest BCUT2D eigenvalue weighted by Crippen LogP contribution is -2.25. The fraction of sp³-hybridized carbons (Fsp3) is 0.308. The van der Waals surface area contributed by atoms with Gasteiger partial charge in [-0.2, -0.15) is 8.78 Å². The molecular weight excluding hydrogens is 441 g/mol. The molecule has 0 aliphatic carbocycles. The zero-order valence-corrected chi connectivity index (χ0v) is 20.8. The Hall–Kier alpha value is -2.85. The number of aryl methyl sites for hydroxylation is 1. The largest absolute Gasteiger partial charge is 0.435 e. The SMILES string of the molecule is C/C=C\P(C)C(Nc1ccc(C(C)=O)c(C)c1)/C(C)=N/C=C(\C)c1ccc(OC(F)F)cc1. The summed E-state index contributed by atoms with van der Waals surface area (Å²) in [4.78, 5) is 16.4. The van der Waals surface area contributed by atoms with Crippen molar-refractivity contribution in [2.24, 2.45) is 4.99 Å². The number of carbonyl (C=O) groups is 1. The molecule has 176 valence electrons. The number of Topliss-reactive ketones (excluding diaryl/α,β-unsaturated/α-hetero) is 1. The van der Waals surface area contributed by atoms with E-state index in [1.54, 1.807) is 25.3 Å². The number of hydrogen-bond acceptors (Lipinski definition) is 4. The summed E-state index contributed by atoms with van der Waals surface area (Å²) in [6.45, 7) is 8.75. The summed E-state index contributed by atoms with van der Waals surface area (Å²) in [6.07, 6.45) is 3.83. The van der Waals surface area contributed by atoms with E-state index in [9.17, 15) is 13.6 Å². The predicted octanol–water partition coefficient (Wildman–Crippen LogP) is 7.70. The van der Waals surface area contributed by atoms with Crippen LogP contribution in [0, 0.1) is 6.92 Å². The van der Waals surface area contributed by atoms with E-state index in [1.165, 1.54) is 12.1 Å². The molecule has 2 rings (SSSR count). The minimum atomic E-state index is -2.84. The third-order valence-electron chi connectivity index (χ3n) is 5.09. The maximum Gasteiger partial charge on any atom is 0.387 e. The Bertz CT molecular complexity index is 1050. The standard InChI is InChI=1S/C26H31F2N2O2P/c1-7-14-33(6)25(30-22-10-13-24(20(5)31)17(2)15-22)19(4)29-16-18(3)21-8-11-23(12-9-21)32-26(27)28/h7-16,25-26,30H,1-6H3/b14-7-,18-16+,29-19+. The number of aliphatic imine (C=N–C) groups is 1. The molecule has 2 atom stereocenters. The lowest BCUT2D eigenvalue weighted by atomic mass is 10.0. The molecule has 0 bridgehead atoms. The van der Waals surface area contributed by atoms with Crippen LogP contribution in [0.2, 0.25) is 0 Å². The van der Waals surface area contributed by atoms with E-state index in [-0.39, 0.29) is 17.3 Å². The molecule has 0 saturated carbocycles. The zero-order chi connectivity index (χ0) is 24.5. The van der Waals surface area contributed by atoms with Gasteiger partial charge in [0.05, 0.1) is 5.78 Å². The Morgan fingerprint density at radius 1 is 1.12 bits per heavy atom. The number of anilines is 1. The summed E-state index contributed by atoms with van der Waals surface area (Å²) < 4.78 is 29.1. The second-order valence-electron chi connectivity index (χ2n) is 7.77. The average molecular weight is 473 g/mol. The van der Waals surface area contributed by atoms with Gasteiger partial charge < -0.3 is 10.1 Å². The molecule has 0 spiro atoms. The minimum Gasteiger partial charge on any atom is -0.435 e. The first-order chi connectivity index (χ1) is 15.6. The van der Waals surface area contributed by atoms with Gasteiger partial charge in [-0.25, -0.2) is 0 Å². The van der Waals surface area contributed by atoms with Crippen molar-refractivity contribution in [1.29, 1.82) is 0 Å². The first-order valence-corrected chi connectivity index (χ1v) is 12.5. The van der Waals surface area contributed by atoms with E-state index in [2.05, 4.69) is 22.5 Å². The molecule has 4 nitrogen and oxygen atoms in total. The molecule has 0 saturated heterocycles. The summed E-state index contributed by atoms with van der Waals surface area (Å²) in [5, 5.41) is 3.58. The van der Waals surface area contributed by atoms with Gasteiger partial charge >= 0.3 is 6.61 Å². The van der Waals surface area contributed by atoms with Gasteiger partial charge in [0, 0.05) is 23.2 Å². The third kappa shape index (κ3) is 7.90. The van der Waals surface area contributed by atoms with Crippen molar-refractivity contribution in [2.75, 3.05) is 12.0 Å². The van der Waals surface area contributed by atoms with Crippen LogP contribution in [0.4, 0.5) is 14.5 Å². The summed E-state index contributed by atoms with van der Waals surface area (Å²) in [6, 6.07) is 12.3. The Morgan fingerprint density at radius 3 is 2.33 bits per heavy atom. The highest BCUT2D eigenvalue weighted by atomic mass is 31.1. The monoisotopic (exact) mass is 472 g/mol.